The molecule has 0 saturated heterocycles. The van der Waals surface area contributed by atoms with Crippen LogP contribution in [0.4, 0.5) is 0 Å². The summed E-state index contributed by atoms with van der Waals surface area (Å²) in [5.74, 6) is 6.21. The Labute approximate surface area is 87.5 Å². The Kier molecular flexibility index (Phi) is 7.54. The van der Waals surface area contributed by atoms with Crippen molar-refractivity contribution in [1.82, 2.24) is 5.43 Å². The number of hydrazine groups is 1. The molecule has 2 unspecified atom stereocenters. The van der Waals surface area contributed by atoms with E-state index in [0.29, 0.717) is 0 Å². The van der Waals surface area contributed by atoms with Crippen LogP contribution in [0, 0.1) is 5.92 Å². The van der Waals surface area contributed by atoms with Crippen molar-refractivity contribution in [2.24, 2.45) is 11.8 Å². The van der Waals surface area contributed by atoms with E-state index in [1.54, 1.807) is 0 Å². The van der Waals surface area contributed by atoms with Crippen molar-refractivity contribution in [1.29, 1.82) is 0 Å². The van der Waals surface area contributed by atoms with Crippen LogP contribution in [-0.4, -0.2) is 5.54 Å². The summed E-state index contributed by atoms with van der Waals surface area (Å²) in [6, 6.07) is 0. The summed E-state index contributed by atoms with van der Waals surface area (Å²) in [5, 5.41) is 0. The molecule has 2 atom stereocenters. The molecule has 0 aromatic heterocycles. The molecule has 12 heavy (non-hydrogen) atoms. The summed E-state index contributed by atoms with van der Waals surface area (Å²) >= 11 is 0. The largest absolute Gasteiger partial charge is 0.271 e. The number of nitrogens with one attached hydrogen (secondary N) is 1. The zero-order valence-electron chi connectivity index (χ0n) is 7.80. The molecule has 0 amide bonds. The smallest absolute Gasteiger partial charge is 0.0318 e. The summed E-state index contributed by atoms with van der Waals surface area (Å²) in [4.78, 5) is 0. The topological polar surface area (TPSA) is 38.0 Å². The van der Waals surface area contributed by atoms with Crippen molar-refractivity contribution in [2.45, 2.75) is 45.1 Å². The molecule has 0 aromatic rings. The third kappa shape index (κ3) is 3.09. The fourth-order valence-corrected chi connectivity index (χ4v) is 1.72. The van der Waals surface area contributed by atoms with Crippen LogP contribution >= 0.6 is 24.8 Å². The number of hydrogen-bond donors (Lipinski definition) is 2. The van der Waals surface area contributed by atoms with Gasteiger partial charge < -0.3 is 0 Å². The molecule has 0 bridgehead atoms. The van der Waals surface area contributed by atoms with Crippen molar-refractivity contribution in [3.63, 3.8) is 0 Å². The minimum absolute atomic E-state index is 0. The molecular weight excluding hydrogens is 195 g/mol. The standard InChI is InChI=1S/C8H18N2.2ClH/c1-7-5-3-4-6-8(7,2)10-9;;/h7,10H,3-6,9H2,1-2H3;2*1H. The summed E-state index contributed by atoms with van der Waals surface area (Å²) in [6.45, 7) is 4.50. The fraction of sp³-hybridized carbons (Fsp3) is 1.00. The highest BCUT2D eigenvalue weighted by Gasteiger charge is 2.31. The maximum Gasteiger partial charge on any atom is 0.0318 e. The first-order chi connectivity index (χ1) is 4.69. The van der Waals surface area contributed by atoms with E-state index in [1.807, 2.05) is 0 Å². The summed E-state index contributed by atoms with van der Waals surface area (Å²) in [7, 11) is 0. The van der Waals surface area contributed by atoms with Crippen LogP contribution in [0.3, 0.4) is 0 Å². The zero-order chi connectivity index (χ0) is 7.61. The lowest BCUT2D eigenvalue weighted by molar-refractivity contribution is 0.176. The van der Waals surface area contributed by atoms with E-state index < -0.39 is 0 Å². The normalized spacial score (nSPS) is 34.8. The van der Waals surface area contributed by atoms with Gasteiger partial charge in [0.25, 0.3) is 0 Å². The van der Waals surface area contributed by atoms with Crippen molar-refractivity contribution >= 4 is 24.8 Å². The molecule has 1 aliphatic carbocycles. The van der Waals surface area contributed by atoms with Gasteiger partial charge in [-0.15, -0.1) is 24.8 Å². The highest BCUT2D eigenvalue weighted by molar-refractivity contribution is 5.85. The Morgan fingerprint density at radius 2 is 1.92 bits per heavy atom. The first-order valence-corrected chi connectivity index (χ1v) is 4.17. The second-order valence-corrected chi connectivity index (χ2v) is 3.71. The second kappa shape index (κ2) is 6.03. The minimum Gasteiger partial charge on any atom is -0.271 e. The Hall–Kier alpha value is 0.500. The third-order valence-electron chi connectivity index (χ3n) is 3.00. The third-order valence-corrected chi connectivity index (χ3v) is 3.00. The maximum absolute atomic E-state index is 5.48. The van der Waals surface area contributed by atoms with Gasteiger partial charge in [0.15, 0.2) is 0 Å². The molecule has 0 spiro atoms. The Bertz CT molecular complexity index is 122. The van der Waals surface area contributed by atoms with Crippen LogP contribution in [0.1, 0.15) is 39.5 Å². The number of rotatable bonds is 1. The van der Waals surface area contributed by atoms with E-state index in [9.17, 15) is 0 Å². The second-order valence-electron chi connectivity index (χ2n) is 3.71. The minimum atomic E-state index is 0. The van der Waals surface area contributed by atoms with Crippen molar-refractivity contribution < 1.29 is 0 Å². The molecule has 76 valence electrons. The lowest BCUT2D eigenvalue weighted by Gasteiger charge is -2.39. The van der Waals surface area contributed by atoms with Gasteiger partial charge in [-0.1, -0.05) is 19.8 Å². The van der Waals surface area contributed by atoms with Crippen molar-refractivity contribution in [2.75, 3.05) is 0 Å². The predicted molar refractivity (Wildman–Crippen MR) is 57.9 cm³/mol. The van der Waals surface area contributed by atoms with Gasteiger partial charge in [0.05, 0.1) is 0 Å². The zero-order valence-corrected chi connectivity index (χ0v) is 9.43. The molecule has 0 radical (unpaired) electrons. The molecule has 0 heterocycles. The van der Waals surface area contributed by atoms with Gasteiger partial charge in [-0.3, -0.25) is 11.3 Å². The molecule has 3 N–H and O–H groups in total. The van der Waals surface area contributed by atoms with Crippen molar-refractivity contribution in [3.05, 3.63) is 0 Å². The van der Waals surface area contributed by atoms with E-state index >= 15 is 0 Å². The van der Waals surface area contributed by atoms with Gasteiger partial charge in [0.1, 0.15) is 0 Å². The summed E-state index contributed by atoms with van der Waals surface area (Å²) < 4.78 is 0. The Balaban J connectivity index is 0. The highest BCUT2D eigenvalue weighted by atomic mass is 35.5. The van der Waals surface area contributed by atoms with Crippen LogP contribution in [0.15, 0.2) is 0 Å². The van der Waals surface area contributed by atoms with E-state index in [2.05, 4.69) is 19.3 Å². The van der Waals surface area contributed by atoms with Crippen LogP contribution < -0.4 is 11.3 Å². The average molecular weight is 215 g/mol. The lowest BCUT2D eigenvalue weighted by Crippen LogP contribution is -2.52. The van der Waals surface area contributed by atoms with E-state index in [-0.39, 0.29) is 30.4 Å². The van der Waals surface area contributed by atoms with Gasteiger partial charge in [0, 0.05) is 5.54 Å². The Morgan fingerprint density at radius 3 is 2.25 bits per heavy atom. The van der Waals surface area contributed by atoms with Gasteiger partial charge >= 0.3 is 0 Å². The monoisotopic (exact) mass is 214 g/mol. The maximum atomic E-state index is 5.48. The molecule has 1 rings (SSSR count). The first-order valence-electron chi connectivity index (χ1n) is 4.17. The van der Waals surface area contributed by atoms with Gasteiger partial charge in [-0.05, 0) is 25.7 Å². The quantitative estimate of drug-likeness (QED) is 0.520. The van der Waals surface area contributed by atoms with Gasteiger partial charge in [0.2, 0.25) is 0 Å². The van der Waals surface area contributed by atoms with E-state index in [0.717, 1.165) is 5.92 Å². The highest BCUT2D eigenvalue weighted by Crippen LogP contribution is 2.32. The van der Waals surface area contributed by atoms with E-state index in [4.69, 9.17) is 5.84 Å². The SMILES string of the molecule is CC1CCCCC1(C)NN.Cl.Cl. The molecule has 4 heteroatoms. The fourth-order valence-electron chi connectivity index (χ4n) is 1.72. The van der Waals surface area contributed by atoms with Crippen LogP contribution in [0.25, 0.3) is 0 Å². The molecular formula is C8H20Cl2N2. The molecule has 1 saturated carbocycles. The molecule has 0 aromatic carbocycles. The van der Waals surface area contributed by atoms with E-state index in [1.165, 1.54) is 25.7 Å². The van der Waals surface area contributed by atoms with Crippen LogP contribution in [0.2, 0.25) is 0 Å². The predicted octanol–water partition coefficient (Wildman–Crippen LogP) is 2.26. The number of nitrogens with two attached hydrogens (primary N) is 1. The summed E-state index contributed by atoms with van der Waals surface area (Å²) in [5.41, 5.74) is 3.14. The molecule has 0 aliphatic heterocycles. The first kappa shape index (κ1) is 15.0. The number of hydrogen-bond acceptors (Lipinski definition) is 2. The number of halogens is 2. The van der Waals surface area contributed by atoms with Crippen LogP contribution in [-0.2, 0) is 0 Å². The molecule has 1 aliphatic rings. The average Bonchev–Trinajstić information content (AvgIpc) is 1.96. The van der Waals surface area contributed by atoms with Gasteiger partial charge in [-0.2, -0.15) is 0 Å². The van der Waals surface area contributed by atoms with Gasteiger partial charge in [-0.25, -0.2) is 0 Å². The van der Waals surface area contributed by atoms with Crippen LogP contribution in [0.5, 0.6) is 0 Å². The van der Waals surface area contributed by atoms with Crippen molar-refractivity contribution in [3.8, 4) is 0 Å². The molecule has 2 nitrogen and oxygen atoms in total. The summed E-state index contributed by atoms with van der Waals surface area (Å²) in [6.07, 6.45) is 5.24. The molecule has 1 fully saturated rings. The Morgan fingerprint density at radius 1 is 1.33 bits per heavy atom. The lowest BCUT2D eigenvalue weighted by atomic mass is 9.75.